The molecule has 0 bridgehead atoms. The summed E-state index contributed by atoms with van der Waals surface area (Å²) < 4.78 is 14.1. The van der Waals surface area contributed by atoms with Crippen LogP contribution in [-0.4, -0.2) is 24.8 Å². The van der Waals surface area contributed by atoms with Gasteiger partial charge in [0, 0.05) is 49.2 Å². The number of fused-ring (bicyclic) bond motifs is 1. The third kappa shape index (κ3) is 7.28. The minimum atomic E-state index is -0.125. The smallest absolute Gasteiger partial charge is 0.135 e. The van der Waals surface area contributed by atoms with E-state index in [1.54, 1.807) is 12.1 Å². The van der Waals surface area contributed by atoms with Crippen LogP contribution in [0.2, 0.25) is 0 Å². The molecule has 0 aromatic heterocycles. The second-order valence-electron chi connectivity index (χ2n) is 13.1. The largest absolute Gasteiger partial charge is 0.299 e. The Morgan fingerprint density at radius 3 is 2.67 bits per heavy atom. The standard InChI is InChI=1S/C36H49FN2O/c1-4-27(11-9-26-20-31(29-13-14-29)22-32(37)21-26)35(40)7-5-6-28-12-15-30(10-8-24(28)2)36-34-23-38-18-17-33(34)25(3)16-19-39-36/h19-24,27-30H,4-18H2,1-3H3. The van der Waals surface area contributed by atoms with E-state index in [0.717, 1.165) is 62.6 Å². The van der Waals surface area contributed by atoms with Crippen molar-refractivity contribution in [1.29, 1.82) is 0 Å². The van der Waals surface area contributed by atoms with Crippen LogP contribution in [0.15, 0.2) is 50.6 Å². The predicted molar refractivity (Wildman–Crippen MR) is 165 cm³/mol. The number of halogens is 1. The van der Waals surface area contributed by atoms with Crippen LogP contribution in [0.1, 0.15) is 121 Å². The Morgan fingerprint density at radius 1 is 1.07 bits per heavy atom. The first-order valence-corrected chi connectivity index (χ1v) is 16.2. The highest BCUT2D eigenvalue weighted by atomic mass is 19.1. The summed E-state index contributed by atoms with van der Waals surface area (Å²) in [5.41, 5.74) is 7.74. The second kappa shape index (κ2) is 13.5. The number of hydrogen-bond donors (Lipinski definition) is 0. The molecule has 216 valence electrons. The Bertz CT molecular complexity index is 1190. The van der Waals surface area contributed by atoms with Crippen LogP contribution in [0, 0.1) is 29.5 Å². The van der Waals surface area contributed by atoms with E-state index in [-0.39, 0.29) is 11.7 Å². The number of nitrogens with zero attached hydrogens (tertiary/aromatic N) is 2. The van der Waals surface area contributed by atoms with Gasteiger partial charge in [0.15, 0.2) is 0 Å². The zero-order valence-electron chi connectivity index (χ0n) is 25.1. The fraction of sp³-hybridized carbons (Fsp3) is 0.639. The number of benzene rings is 1. The number of allylic oxidation sites excluding steroid dienone is 3. The van der Waals surface area contributed by atoms with E-state index in [1.807, 2.05) is 0 Å². The number of carbonyl (C=O) groups is 1. The van der Waals surface area contributed by atoms with Crippen LogP contribution in [0.4, 0.5) is 4.39 Å². The molecule has 2 saturated carbocycles. The molecule has 0 saturated heterocycles. The molecular formula is C36H49FN2O. The van der Waals surface area contributed by atoms with Gasteiger partial charge in [-0.25, -0.2) is 4.39 Å². The highest BCUT2D eigenvalue weighted by Gasteiger charge is 2.30. The van der Waals surface area contributed by atoms with Gasteiger partial charge in [-0.15, -0.1) is 0 Å². The van der Waals surface area contributed by atoms with Gasteiger partial charge in [-0.3, -0.25) is 14.8 Å². The van der Waals surface area contributed by atoms with Crippen molar-refractivity contribution in [3.8, 4) is 0 Å². The van der Waals surface area contributed by atoms with Gasteiger partial charge in [-0.2, -0.15) is 0 Å². The van der Waals surface area contributed by atoms with Gasteiger partial charge < -0.3 is 0 Å². The van der Waals surface area contributed by atoms with Crippen molar-refractivity contribution < 1.29 is 9.18 Å². The van der Waals surface area contributed by atoms with Crippen LogP contribution in [-0.2, 0) is 11.2 Å². The lowest BCUT2D eigenvalue weighted by Gasteiger charge is -2.22. The number of ketones is 1. The summed E-state index contributed by atoms with van der Waals surface area (Å²) in [4.78, 5) is 22.8. The molecule has 0 N–H and O–H groups in total. The average molecular weight is 545 g/mol. The van der Waals surface area contributed by atoms with Crippen molar-refractivity contribution in [3.63, 3.8) is 0 Å². The molecule has 4 heteroatoms. The predicted octanol–water partition coefficient (Wildman–Crippen LogP) is 9.36. The third-order valence-electron chi connectivity index (χ3n) is 10.3. The normalized spacial score (nSPS) is 25.9. The van der Waals surface area contributed by atoms with E-state index in [9.17, 15) is 9.18 Å². The van der Waals surface area contributed by atoms with E-state index < -0.39 is 0 Å². The molecule has 4 aliphatic rings. The second-order valence-corrected chi connectivity index (χ2v) is 13.1. The zero-order valence-corrected chi connectivity index (χ0v) is 25.1. The summed E-state index contributed by atoms with van der Waals surface area (Å²) in [6.45, 7) is 7.70. The molecule has 2 fully saturated rings. The molecule has 2 heterocycles. The van der Waals surface area contributed by atoms with E-state index in [1.165, 1.54) is 60.9 Å². The molecule has 3 nitrogen and oxygen atoms in total. The maximum absolute atomic E-state index is 14.1. The van der Waals surface area contributed by atoms with E-state index >= 15 is 0 Å². The highest BCUT2D eigenvalue weighted by Crippen LogP contribution is 2.42. The van der Waals surface area contributed by atoms with Gasteiger partial charge in [0.2, 0.25) is 0 Å². The summed E-state index contributed by atoms with van der Waals surface area (Å²) in [5.74, 6) is 2.81. The fourth-order valence-corrected chi connectivity index (χ4v) is 7.40. The van der Waals surface area contributed by atoms with E-state index in [0.29, 0.717) is 35.9 Å². The van der Waals surface area contributed by atoms with Gasteiger partial charge in [0.1, 0.15) is 11.6 Å². The van der Waals surface area contributed by atoms with Gasteiger partial charge in [-0.05, 0) is 131 Å². The SMILES string of the molecule is CCC(CCc1cc(F)cc(C2CC2)c1)C(=O)CCCC1CCC(C2=C3C=NCCC3=C(C)CC=N2)CCC1C. The van der Waals surface area contributed by atoms with Crippen LogP contribution < -0.4 is 0 Å². The maximum atomic E-state index is 14.1. The molecule has 0 amide bonds. The Morgan fingerprint density at radius 2 is 1.88 bits per heavy atom. The lowest BCUT2D eigenvalue weighted by molar-refractivity contribution is -0.123. The molecule has 2 aliphatic heterocycles. The molecule has 1 aromatic rings. The Balaban J connectivity index is 1.12. The highest BCUT2D eigenvalue weighted by molar-refractivity contribution is 5.89. The number of aliphatic imine (C=N–C) groups is 2. The average Bonchev–Trinajstić information content (AvgIpc) is 3.81. The quantitative estimate of drug-likeness (QED) is 0.256. The topological polar surface area (TPSA) is 41.8 Å². The van der Waals surface area contributed by atoms with Crippen LogP contribution in [0.3, 0.4) is 0 Å². The van der Waals surface area contributed by atoms with Crippen molar-refractivity contribution in [2.45, 2.75) is 117 Å². The number of rotatable bonds is 11. The van der Waals surface area contributed by atoms with Crippen molar-refractivity contribution in [2.24, 2.45) is 33.7 Å². The Labute approximate surface area is 241 Å². The lowest BCUT2D eigenvalue weighted by atomic mass is 9.84. The van der Waals surface area contributed by atoms with Crippen molar-refractivity contribution in [3.05, 3.63) is 57.6 Å². The minimum Gasteiger partial charge on any atom is -0.299 e. The van der Waals surface area contributed by atoms with E-state index in [2.05, 4.69) is 44.3 Å². The third-order valence-corrected chi connectivity index (χ3v) is 10.3. The molecular weight excluding hydrogens is 495 g/mol. The minimum absolute atomic E-state index is 0.0907. The number of hydrogen-bond acceptors (Lipinski definition) is 3. The molecule has 1 aromatic carbocycles. The number of aryl methyl sites for hydroxylation is 1. The molecule has 4 unspecified atom stereocenters. The molecule has 0 radical (unpaired) electrons. The summed E-state index contributed by atoms with van der Waals surface area (Å²) in [6.07, 6.45) is 18.8. The van der Waals surface area contributed by atoms with Crippen molar-refractivity contribution in [1.82, 2.24) is 0 Å². The summed E-state index contributed by atoms with van der Waals surface area (Å²) in [6, 6.07) is 5.54. The first kappa shape index (κ1) is 29.1. The lowest BCUT2D eigenvalue weighted by Crippen LogP contribution is -2.16. The van der Waals surface area contributed by atoms with Crippen molar-refractivity contribution >= 4 is 18.2 Å². The maximum Gasteiger partial charge on any atom is 0.135 e. The summed E-state index contributed by atoms with van der Waals surface area (Å²) >= 11 is 0. The molecule has 5 rings (SSSR count). The molecule has 4 atom stereocenters. The van der Waals surface area contributed by atoms with Gasteiger partial charge in [-0.1, -0.05) is 25.5 Å². The van der Waals surface area contributed by atoms with Crippen molar-refractivity contribution in [2.75, 3.05) is 6.54 Å². The summed E-state index contributed by atoms with van der Waals surface area (Å²) in [7, 11) is 0. The fourth-order valence-electron chi connectivity index (χ4n) is 7.40. The Hall–Kier alpha value is -2.36. The first-order valence-electron chi connectivity index (χ1n) is 16.2. The zero-order chi connectivity index (χ0) is 28.1. The van der Waals surface area contributed by atoms with Crippen LogP contribution >= 0.6 is 0 Å². The molecule has 0 spiro atoms. The monoisotopic (exact) mass is 544 g/mol. The number of carbonyl (C=O) groups excluding carboxylic acids is 1. The van der Waals surface area contributed by atoms with E-state index in [4.69, 9.17) is 4.99 Å². The Kier molecular flexibility index (Phi) is 9.86. The van der Waals surface area contributed by atoms with Gasteiger partial charge in [0.25, 0.3) is 0 Å². The van der Waals surface area contributed by atoms with Crippen LogP contribution in [0.25, 0.3) is 0 Å². The van der Waals surface area contributed by atoms with Gasteiger partial charge >= 0.3 is 0 Å². The molecule has 2 aliphatic carbocycles. The van der Waals surface area contributed by atoms with Crippen LogP contribution in [0.5, 0.6) is 0 Å². The summed E-state index contributed by atoms with van der Waals surface area (Å²) in [5, 5.41) is 0. The number of Topliss-reactive ketones (excluding diaryl/α,β-unsaturated/α-hetero) is 1. The first-order chi connectivity index (χ1) is 19.4. The van der Waals surface area contributed by atoms with Gasteiger partial charge in [0.05, 0.1) is 5.70 Å². The molecule has 40 heavy (non-hydrogen) atoms.